The lowest BCUT2D eigenvalue weighted by molar-refractivity contribution is -0.133. The van der Waals surface area contributed by atoms with Crippen molar-refractivity contribution in [3.8, 4) is 5.75 Å². The zero-order valence-electron chi connectivity index (χ0n) is 12.0. The Hall–Kier alpha value is -1.26. The predicted molar refractivity (Wildman–Crippen MR) is 82.3 cm³/mol. The van der Waals surface area contributed by atoms with Gasteiger partial charge in [0.15, 0.2) is 0 Å². The number of hydrogen-bond donors (Lipinski definition) is 1. The van der Waals surface area contributed by atoms with Crippen molar-refractivity contribution < 1.29 is 9.53 Å². The molecule has 0 saturated carbocycles. The summed E-state index contributed by atoms with van der Waals surface area (Å²) in [6, 6.07) is 7.67. The van der Waals surface area contributed by atoms with E-state index in [2.05, 4.69) is 6.92 Å². The zero-order chi connectivity index (χ0) is 13.8. The van der Waals surface area contributed by atoms with Gasteiger partial charge in [-0.25, -0.2) is 0 Å². The molecule has 1 fully saturated rings. The molecule has 112 valence electrons. The van der Waals surface area contributed by atoms with Gasteiger partial charge in [0.1, 0.15) is 11.9 Å². The minimum atomic E-state index is -0.408. The maximum atomic E-state index is 11.8. The van der Waals surface area contributed by atoms with Gasteiger partial charge in [-0.1, -0.05) is 17.7 Å². The van der Waals surface area contributed by atoms with Gasteiger partial charge in [0.2, 0.25) is 5.91 Å². The predicted octanol–water partition coefficient (Wildman–Crippen LogP) is 2.13. The number of piperidine rings is 1. The van der Waals surface area contributed by atoms with Crippen molar-refractivity contribution in [2.24, 2.45) is 5.73 Å². The van der Waals surface area contributed by atoms with E-state index in [1.54, 1.807) is 6.92 Å². The van der Waals surface area contributed by atoms with Crippen molar-refractivity contribution in [3.63, 3.8) is 0 Å². The van der Waals surface area contributed by atoms with Crippen molar-refractivity contribution in [2.45, 2.75) is 38.8 Å². The summed E-state index contributed by atoms with van der Waals surface area (Å²) in [4.78, 5) is 13.6. The fourth-order valence-electron chi connectivity index (χ4n) is 2.29. The van der Waals surface area contributed by atoms with Gasteiger partial charge >= 0.3 is 0 Å². The highest BCUT2D eigenvalue weighted by atomic mass is 35.5. The second-order valence-corrected chi connectivity index (χ2v) is 5.24. The molecule has 4 nitrogen and oxygen atoms in total. The van der Waals surface area contributed by atoms with Crippen LogP contribution in [0.5, 0.6) is 5.75 Å². The average molecular weight is 299 g/mol. The number of carbonyl (C=O) groups excluding carboxylic acids is 1. The number of benzene rings is 1. The molecule has 0 radical (unpaired) electrons. The number of aryl methyl sites for hydroxylation is 1. The van der Waals surface area contributed by atoms with Gasteiger partial charge < -0.3 is 15.4 Å². The summed E-state index contributed by atoms with van der Waals surface area (Å²) >= 11 is 0. The molecule has 0 spiro atoms. The first-order valence-corrected chi connectivity index (χ1v) is 6.84. The first-order chi connectivity index (χ1) is 9.06. The van der Waals surface area contributed by atoms with Crippen LogP contribution in [0.4, 0.5) is 0 Å². The number of carbonyl (C=O) groups is 1. The third-order valence-corrected chi connectivity index (χ3v) is 3.47. The van der Waals surface area contributed by atoms with Crippen LogP contribution in [0.3, 0.4) is 0 Å². The summed E-state index contributed by atoms with van der Waals surface area (Å²) < 4.78 is 5.93. The molecule has 0 aliphatic carbocycles. The highest BCUT2D eigenvalue weighted by molar-refractivity contribution is 5.85. The van der Waals surface area contributed by atoms with E-state index >= 15 is 0 Å². The van der Waals surface area contributed by atoms with E-state index < -0.39 is 6.04 Å². The molecule has 1 heterocycles. The highest BCUT2D eigenvalue weighted by Gasteiger charge is 2.25. The zero-order valence-corrected chi connectivity index (χ0v) is 12.9. The third-order valence-electron chi connectivity index (χ3n) is 3.47. The lowest BCUT2D eigenvalue weighted by Gasteiger charge is -2.33. The fraction of sp³-hybridized carbons (Fsp3) is 0.533. The van der Waals surface area contributed by atoms with Gasteiger partial charge in [0, 0.05) is 25.9 Å². The number of rotatable bonds is 3. The standard InChI is InChI=1S/C15H22N2O2.ClH/c1-11-3-5-13(6-4-11)19-14-7-9-17(10-8-14)15(18)12(2)16;/h3-6,12,14H,7-10,16H2,1-2H3;1H/t12-;/m0./s1. The summed E-state index contributed by atoms with van der Waals surface area (Å²) in [6.07, 6.45) is 1.93. The molecule has 5 heteroatoms. The Labute approximate surface area is 126 Å². The summed E-state index contributed by atoms with van der Waals surface area (Å²) in [5, 5.41) is 0. The second-order valence-electron chi connectivity index (χ2n) is 5.24. The van der Waals surface area contributed by atoms with Gasteiger partial charge in [-0.3, -0.25) is 4.79 Å². The lowest BCUT2D eigenvalue weighted by Crippen LogP contribution is -2.47. The number of ether oxygens (including phenoxy) is 1. The van der Waals surface area contributed by atoms with Crippen LogP contribution in [-0.4, -0.2) is 36.0 Å². The Bertz CT molecular complexity index is 426. The minimum Gasteiger partial charge on any atom is -0.490 e. The van der Waals surface area contributed by atoms with E-state index in [0.29, 0.717) is 0 Å². The summed E-state index contributed by atoms with van der Waals surface area (Å²) in [5.41, 5.74) is 6.84. The summed E-state index contributed by atoms with van der Waals surface area (Å²) in [5.74, 6) is 0.941. The molecule has 1 atom stereocenters. The van der Waals surface area contributed by atoms with Crippen molar-refractivity contribution in [1.82, 2.24) is 4.90 Å². The second kappa shape index (κ2) is 7.50. The van der Waals surface area contributed by atoms with Crippen LogP contribution >= 0.6 is 12.4 Å². The summed E-state index contributed by atoms with van der Waals surface area (Å²) in [7, 11) is 0. The van der Waals surface area contributed by atoms with Crippen molar-refractivity contribution in [2.75, 3.05) is 13.1 Å². The van der Waals surface area contributed by atoms with Crippen LogP contribution in [0.1, 0.15) is 25.3 Å². The molecule has 1 amide bonds. The smallest absolute Gasteiger partial charge is 0.239 e. The minimum absolute atomic E-state index is 0. The molecule has 1 aliphatic rings. The molecule has 0 aromatic heterocycles. The molecule has 1 aliphatic heterocycles. The van der Waals surface area contributed by atoms with E-state index in [0.717, 1.165) is 31.7 Å². The van der Waals surface area contributed by atoms with Gasteiger partial charge in [-0.05, 0) is 26.0 Å². The SMILES string of the molecule is Cc1ccc(OC2CCN(C(=O)[C@H](C)N)CC2)cc1.Cl. The monoisotopic (exact) mass is 298 g/mol. The quantitative estimate of drug-likeness (QED) is 0.930. The van der Waals surface area contributed by atoms with Crippen LogP contribution < -0.4 is 10.5 Å². The molecule has 1 aromatic carbocycles. The first-order valence-electron chi connectivity index (χ1n) is 6.84. The Morgan fingerprint density at radius 3 is 2.35 bits per heavy atom. The van der Waals surface area contributed by atoms with Gasteiger partial charge in [0.05, 0.1) is 6.04 Å². The van der Waals surface area contributed by atoms with Crippen LogP contribution in [0.25, 0.3) is 0 Å². The maximum absolute atomic E-state index is 11.8. The Morgan fingerprint density at radius 1 is 1.30 bits per heavy atom. The Kier molecular flexibility index (Phi) is 6.30. The lowest BCUT2D eigenvalue weighted by atomic mass is 10.1. The van der Waals surface area contributed by atoms with Crippen LogP contribution in [-0.2, 0) is 4.79 Å². The molecule has 2 N–H and O–H groups in total. The highest BCUT2D eigenvalue weighted by Crippen LogP contribution is 2.19. The molecule has 0 unspecified atom stereocenters. The van der Waals surface area contributed by atoms with Crippen LogP contribution in [0, 0.1) is 6.92 Å². The average Bonchev–Trinajstić information content (AvgIpc) is 2.41. The van der Waals surface area contributed by atoms with Gasteiger partial charge in [0.25, 0.3) is 0 Å². The number of amides is 1. The molecular weight excluding hydrogens is 276 g/mol. The van der Waals surface area contributed by atoms with E-state index in [1.807, 2.05) is 29.2 Å². The molecule has 2 rings (SSSR count). The van der Waals surface area contributed by atoms with E-state index in [-0.39, 0.29) is 24.4 Å². The van der Waals surface area contributed by atoms with Crippen LogP contribution in [0.2, 0.25) is 0 Å². The van der Waals surface area contributed by atoms with Crippen LogP contribution in [0.15, 0.2) is 24.3 Å². The molecule has 1 saturated heterocycles. The largest absolute Gasteiger partial charge is 0.490 e. The van der Waals surface area contributed by atoms with Crippen molar-refractivity contribution in [1.29, 1.82) is 0 Å². The third kappa shape index (κ3) is 4.39. The molecule has 20 heavy (non-hydrogen) atoms. The topological polar surface area (TPSA) is 55.6 Å². The Morgan fingerprint density at radius 2 is 1.85 bits per heavy atom. The van der Waals surface area contributed by atoms with E-state index in [9.17, 15) is 4.79 Å². The number of nitrogens with zero attached hydrogens (tertiary/aromatic N) is 1. The molecule has 0 bridgehead atoms. The number of likely N-dealkylation sites (tertiary alicyclic amines) is 1. The van der Waals surface area contributed by atoms with Crippen molar-refractivity contribution in [3.05, 3.63) is 29.8 Å². The van der Waals surface area contributed by atoms with Gasteiger partial charge in [-0.15, -0.1) is 12.4 Å². The summed E-state index contributed by atoms with van der Waals surface area (Å²) in [6.45, 7) is 5.26. The maximum Gasteiger partial charge on any atom is 0.239 e. The van der Waals surface area contributed by atoms with E-state index in [4.69, 9.17) is 10.5 Å². The number of hydrogen-bond acceptors (Lipinski definition) is 3. The molecule has 1 aromatic rings. The fourth-order valence-corrected chi connectivity index (χ4v) is 2.29. The van der Waals surface area contributed by atoms with Gasteiger partial charge in [-0.2, -0.15) is 0 Å². The van der Waals surface area contributed by atoms with Crippen molar-refractivity contribution >= 4 is 18.3 Å². The van der Waals surface area contributed by atoms with E-state index in [1.165, 1.54) is 5.56 Å². The molecular formula is C15H23ClN2O2. The Balaban J connectivity index is 0.00000200. The number of halogens is 1. The normalized spacial score (nSPS) is 17.2. The first kappa shape index (κ1) is 16.8. The number of nitrogens with two attached hydrogens (primary N) is 1.